The van der Waals surface area contributed by atoms with E-state index in [1.807, 2.05) is 24.0 Å². The van der Waals surface area contributed by atoms with Gasteiger partial charge in [0, 0.05) is 39.1 Å². The van der Waals surface area contributed by atoms with Gasteiger partial charge in [0.15, 0.2) is 5.96 Å². The molecule has 0 saturated carbocycles. The van der Waals surface area contributed by atoms with Crippen LogP contribution in [-0.4, -0.2) is 40.4 Å². The molecule has 0 radical (unpaired) electrons. The molecule has 2 aromatic heterocycles. The molecule has 3 heterocycles. The lowest BCUT2D eigenvalue weighted by Gasteiger charge is -2.21. The van der Waals surface area contributed by atoms with Crippen molar-refractivity contribution in [3.05, 3.63) is 41.9 Å². The molecule has 154 valence electrons. The molecule has 1 aliphatic heterocycles. The van der Waals surface area contributed by atoms with Crippen molar-refractivity contribution in [1.29, 1.82) is 0 Å². The number of hydrogen-bond donors (Lipinski definition) is 2. The van der Waals surface area contributed by atoms with Gasteiger partial charge in [0.1, 0.15) is 5.82 Å². The Morgan fingerprint density at radius 3 is 2.50 bits per heavy atom. The highest BCUT2D eigenvalue weighted by Gasteiger charge is 2.10. The molecule has 7 nitrogen and oxygen atoms in total. The minimum Gasteiger partial charge on any atom is -0.357 e. The first kappa shape index (κ1) is 22.4. The van der Waals surface area contributed by atoms with Gasteiger partial charge in [-0.1, -0.05) is 18.9 Å². The first-order chi connectivity index (χ1) is 13.3. The number of aliphatic imine (C=N–C) groups is 1. The van der Waals surface area contributed by atoms with Crippen molar-refractivity contribution < 1.29 is 0 Å². The molecule has 0 amide bonds. The van der Waals surface area contributed by atoms with Crippen LogP contribution in [0.25, 0.3) is 0 Å². The Balaban J connectivity index is 0.00000280. The summed E-state index contributed by atoms with van der Waals surface area (Å²) in [6.45, 7) is 6.42. The topological polar surface area (TPSA) is 70.4 Å². The molecule has 0 bridgehead atoms. The van der Waals surface area contributed by atoms with Gasteiger partial charge in [-0.3, -0.25) is 4.68 Å². The lowest BCUT2D eigenvalue weighted by atomic mass is 10.2. The third-order valence-corrected chi connectivity index (χ3v) is 4.86. The fraction of sp³-hybridized carbons (Fsp3) is 0.550. The molecule has 1 aliphatic rings. The van der Waals surface area contributed by atoms with E-state index in [1.165, 1.54) is 25.7 Å². The van der Waals surface area contributed by atoms with Crippen molar-refractivity contribution in [1.82, 2.24) is 25.4 Å². The summed E-state index contributed by atoms with van der Waals surface area (Å²) in [6, 6.07) is 6.27. The smallest absolute Gasteiger partial charge is 0.191 e. The molecule has 1 saturated heterocycles. The van der Waals surface area contributed by atoms with Gasteiger partial charge in [0.05, 0.1) is 18.8 Å². The minimum absolute atomic E-state index is 0. The largest absolute Gasteiger partial charge is 0.357 e. The van der Waals surface area contributed by atoms with Crippen LogP contribution in [0.15, 0.2) is 35.6 Å². The summed E-state index contributed by atoms with van der Waals surface area (Å²) in [7, 11) is 1.94. The Hall–Kier alpha value is -1.84. The third kappa shape index (κ3) is 6.65. The van der Waals surface area contributed by atoms with Crippen LogP contribution in [0.4, 0.5) is 5.82 Å². The Labute approximate surface area is 185 Å². The zero-order chi connectivity index (χ0) is 18.9. The molecule has 0 atom stereocenters. The normalized spacial score (nSPS) is 14.9. The molecule has 0 unspecified atom stereocenters. The number of rotatable bonds is 6. The first-order valence-electron chi connectivity index (χ1n) is 9.95. The molecule has 3 rings (SSSR count). The monoisotopic (exact) mass is 497 g/mol. The Bertz CT molecular complexity index is 718. The number of pyridine rings is 1. The van der Waals surface area contributed by atoms with Gasteiger partial charge < -0.3 is 15.5 Å². The van der Waals surface area contributed by atoms with Crippen molar-refractivity contribution in [3.8, 4) is 0 Å². The van der Waals surface area contributed by atoms with Gasteiger partial charge in [-0.2, -0.15) is 5.10 Å². The van der Waals surface area contributed by atoms with Crippen molar-refractivity contribution in [2.75, 3.05) is 24.5 Å². The highest BCUT2D eigenvalue weighted by atomic mass is 127. The molecule has 0 aromatic carbocycles. The number of hydrogen-bond acceptors (Lipinski definition) is 4. The molecule has 2 aromatic rings. The molecule has 1 fully saturated rings. The van der Waals surface area contributed by atoms with Gasteiger partial charge >= 0.3 is 0 Å². The van der Waals surface area contributed by atoms with Crippen molar-refractivity contribution in [2.45, 2.75) is 45.7 Å². The fourth-order valence-corrected chi connectivity index (χ4v) is 3.26. The van der Waals surface area contributed by atoms with Gasteiger partial charge in [0.25, 0.3) is 0 Å². The van der Waals surface area contributed by atoms with Crippen molar-refractivity contribution >= 4 is 35.8 Å². The zero-order valence-electron chi connectivity index (χ0n) is 16.9. The van der Waals surface area contributed by atoms with Crippen LogP contribution < -0.4 is 15.5 Å². The summed E-state index contributed by atoms with van der Waals surface area (Å²) in [6.07, 6.45) is 8.96. The van der Waals surface area contributed by atoms with Crippen LogP contribution in [0.3, 0.4) is 0 Å². The van der Waals surface area contributed by atoms with E-state index in [9.17, 15) is 0 Å². The number of aryl methyl sites for hydroxylation is 1. The van der Waals surface area contributed by atoms with E-state index < -0.39 is 0 Å². The first-order valence-corrected chi connectivity index (χ1v) is 9.95. The van der Waals surface area contributed by atoms with Crippen LogP contribution >= 0.6 is 24.0 Å². The molecule has 0 aliphatic carbocycles. The predicted molar refractivity (Wildman–Crippen MR) is 125 cm³/mol. The fourth-order valence-electron chi connectivity index (χ4n) is 3.26. The maximum Gasteiger partial charge on any atom is 0.191 e. The Morgan fingerprint density at radius 2 is 1.89 bits per heavy atom. The second kappa shape index (κ2) is 11.9. The average Bonchev–Trinajstić information content (AvgIpc) is 2.93. The summed E-state index contributed by atoms with van der Waals surface area (Å²) < 4.78 is 1.86. The minimum atomic E-state index is 0. The van der Waals surface area contributed by atoms with E-state index >= 15 is 0 Å². The zero-order valence-corrected chi connectivity index (χ0v) is 19.2. The van der Waals surface area contributed by atoms with Crippen molar-refractivity contribution in [2.24, 2.45) is 12.0 Å². The molecular formula is C20H32IN7. The summed E-state index contributed by atoms with van der Waals surface area (Å²) in [4.78, 5) is 11.8. The number of aromatic nitrogens is 3. The number of nitrogens with zero attached hydrogens (tertiary/aromatic N) is 5. The second-order valence-corrected chi connectivity index (χ2v) is 6.92. The quantitative estimate of drug-likeness (QED) is 0.365. The van der Waals surface area contributed by atoms with E-state index in [1.54, 1.807) is 6.20 Å². The highest BCUT2D eigenvalue weighted by molar-refractivity contribution is 14.0. The molecule has 2 N–H and O–H groups in total. The number of guanidine groups is 1. The van der Waals surface area contributed by atoms with Crippen LogP contribution in [0.5, 0.6) is 0 Å². The van der Waals surface area contributed by atoms with E-state index in [2.05, 4.69) is 49.7 Å². The van der Waals surface area contributed by atoms with Crippen molar-refractivity contribution in [3.63, 3.8) is 0 Å². The lowest BCUT2D eigenvalue weighted by Crippen LogP contribution is -2.37. The van der Waals surface area contributed by atoms with Crippen LogP contribution in [-0.2, 0) is 20.1 Å². The summed E-state index contributed by atoms with van der Waals surface area (Å²) >= 11 is 0. The van der Waals surface area contributed by atoms with Gasteiger partial charge in [-0.25, -0.2) is 9.98 Å². The van der Waals surface area contributed by atoms with Gasteiger partial charge in [-0.15, -0.1) is 24.0 Å². The van der Waals surface area contributed by atoms with E-state index in [4.69, 9.17) is 0 Å². The molecule has 28 heavy (non-hydrogen) atoms. The lowest BCUT2D eigenvalue weighted by molar-refractivity contribution is 0.685. The number of anilines is 1. The van der Waals surface area contributed by atoms with Gasteiger partial charge in [-0.05, 0) is 37.5 Å². The van der Waals surface area contributed by atoms with Gasteiger partial charge in [0.2, 0.25) is 0 Å². The maximum atomic E-state index is 4.68. The molecule has 0 spiro atoms. The number of halogens is 1. The Kier molecular flexibility index (Phi) is 9.52. The summed E-state index contributed by atoms with van der Waals surface area (Å²) in [5.74, 6) is 1.89. The van der Waals surface area contributed by atoms with Crippen LogP contribution in [0.1, 0.15) is 43.9 Å². The van der Waals surface area contributed by atoms with E-state index in [0.29, 0.717) is 13.1 Å². The molecule has 8 heteroatoms. The standard InChI is InChI=1S/C20H31N7.HI/c1-3-21-20(24-16-18-10-11-25-26(18)2)23-15-17-8-9-19(22-14-17)27-12-6-4-5-7-13-27;/h8-11,14H,3-7,12-13,15-16H2,1-2H3,(H2,21,23,24);1H. The molecular weight excluding hydrogens is 465 g/mol. The second-order valence-electron chi connectivity index (χ2n) is 6.92. The highest BCUT2D eigenvalue weighted by Crippen LogP contribution is 2.17. The summed E-state index contributed by atoms with van der Waals surface area (Å²) in [5.41, 5.74) is 2.23. The summed E-state index contributed by atoms with van der Waals surface area (Å²) in [5, 5.41) is 10.8. The third-order valence-electron chi connectivity index (χ3n) is 4.86. The number of nitrogens with one attached hydrogen (secondary N) is 2. The average molecular weight is 497 g/mol. The maximum absolute atomic E-state index is 4.68. The SMILES string of the molecule is CCNC(=NCc1ccc(N2CCCCCC2)nc1)NCc1ccnn1C.I. The van der Waals surface area contributed by atoms with Crippen LogP contribution in [0, 0.1) is 0 Å². The predicted octanol–water partition coefficient (Wildman–Crippen LogP) is 3.07. The van der Waals surface area contributed by atoms with Crippen LogP contribution in [0.2, 0.25) is 0 Å². The Morgan fingerprint density at radius 1 is 1.11 bits per heavy atom. The van der Waals surface area contributed by atoms with E-state index in [-0.39, 0.29) is 24.0 Å². The van der Waals surface area contributed by atoms with E-state index in [0.717, 1.165) is 42.7 Å².